The number of carbonyl (C=O) groups excluding carboxylic acids is 1. The summed E-state index contributed by atoms with van der Waals surface area (Å²) in [6, 6.07) is 12.2. The van der Waals surface area contributed by atoms with Gasteiger partial charge < -0.3 is 14.4 Å². The van der Waals surface area contributed by atoms with Gasteiger partial charge in [-0.25, -0.2) is 5.43 Å². The van der Waals surface area contributed by atoms with E-state index in [0.29, 0.717) is 37.6 Å². The fourth-order valence-electron chi connectivity index (χ4n) is 3.26. The molecule has 2 aromatic rings. The van der Waals surface area contributed by atoms with Gasteiger partial charge >= 0.3 is 0 Å². The molecule has 0 radical (unpaired) electrons. The number of nitro benzene ring substituents is 1. The Hall–Kier alpha value is -3.46. The third kappa shape index (κ3) is 6.27. The van der Waals surface area contributed by atoms with E-state index < -0.39 is 10.8 Å². The van der Waals surface area contributed by atoms with Crippen molar-refractivity contribution in [2.75, 3.05) is 37.8 Å². The van der Waals surface area contributed by atoms with E-state index in [1.54, 1.807) is 6.07 Å². The number of amides is 1. The molecule has 1 N–H and O–H groups in total. The van der Waals surface area contributed by atoms with Crippen molar-refractivity contribution in [3.05, 3.63) is 63.7 Å². The molecule has 1 fully saturated rings. The molecule has 1 heterocycles. The van der Waals surface area contributed by atoms with Crippen molar-refractivity contribution in [2.45, 2.75) is 26.2 Å². The Morgan fingerprint density at radius 2 is 1.91 bits per heavy atom. The molecular formula is C23H28N4O5. The van der Waals surface area contributed by atoms with Crippen LogP contribution in [0.3, 0.4) is 0 Å². The molecule has 0 aromatic heterocycles. The molecule has 32 heavy (non-hydrogen) atoms. The number of morpholine rings is 1. The molecule has 1 saturated heterocycles. The first kappa shape index (κ1) is 23.2. The van der Waals surface area contributed by atoms with Gasteiger partial charge in [0.1, 0.15) is 5.75 Å². The van der Waals surface area contributed by atoms with Gasteiger partial charge in [-0.3, -0.25) is 14.9 Å². The monoisotopic (exact) mass is 440 g/mol. The number of ether oxygens (including phenoxy) is 2. The Balaban J connectivity index is 1.61. The lowest BCUT2D eigenvalue weighted by Gasteiger charge is -2.29. The summed E-state index contributed by atoms with van der Waals surface area (Å²) in [4.78, 5) is 24.9. The van der Waals surface area contributed by atoms with E-state index in [1.807, 2.05) is 24.3 Å². The molecule has 1 aliphatic heterocycles. The maximum Gasteiger partial charge on any atom is 0.277 e. The number of anilines is 1. The second kappa shape index (κ2) is 10.2. The van der Waals surface area contributed by atoms with Gasteiger partial charge in [0.25, 0.3) is 11.6 Å². The zero-order valence-electron chi connectivity index (χ0n) is 18.5. The molecule has 1 aliphatic rings. The van der Waals surface area contributed by atoms with E-state index in [1.165, 1.54) is 23.9 Å². The standard InChI is InChI=1S/C23H28N4O5/c1-23(2,3)18-4-7-20(8-5-18)32-16-22(28)25-24-15-17-14-19(27(29)30)6-9-21(17)26-10-12-31-13-11-26/h4-9,14-15H,10-13,16H2,1-3H3,(H,25,28). The van der Waals surface area contributed by atoms with Crippen LogP contribution in [0.25, 0.3) is 0 Å². The lowest BCUT2D eigenvalue weighted by Crippen LogP contribution is -2.36. The molecule has 9 heteroatoms. The van der Waals surface area contributed by atoms with Crippen molar-refractivity contribution in [3.8, 4) is 5.75 Å². The Labute approximate surface area is 187 Å². The summed E-state index contributed by atoms with van der Waals surface area (Å²) in [6.07, 6.45) is 1.41. The summed E-state index contributed by atoms with van der Waals surface area (Å²) in [6.45, 7) is 8.69. The predicted molar refractivity (Wildman–Crippen MR) is 123 cm³/mol. The first-order valence-corrected chi connectivity index (χ1v) is 10.4. The Kier molecular flexibility index (Phi) is 7.42. The highest BCUT2D eigenvalue weighted by atomic mass is 16.6. The van der Waals surface area contributed by atoms with Crippen LogP contribution in [0.5, 0.6) is 5.75 Å². The van der Waals surface area contributed by atoms with Crippen molar-refractivity contribution in [2.24, 2.45) is 5.10 Å². The summed E-state index contributed by atoms with van der Waals surface area (Å²) in [5.74, 6) is 0.157. The van der Waals surface area contributed by atoms with Gasteiger partial charge in [-0.15, -0.1) is 0 Å². The normalized spacial score (nSPS) is 14.4. The van der Waals surface area contributed by atoms with Crippen molar-refractivity contribution < 1.29 is 19.2 Å². The second-order valence-corrected chi connectivity index (χ2v) is 8.46. The number of non-ortho nitro benzene ring substituents is 1. The van der Waals surface area contributed by atoms with Crippen LogP contribution in [-0.4, -0.2) is 50.0 Å². The van der Waals surface area contributed by atoms with Gasteiger partial charge in [0, 0.05) is 36.5 Å². The molecular weight excluding hydrogens is 412 g/mol. The molecule has 9 nitrogen and oxygen atoms in total. The Bertz CT molecular complexity index is 977. The largest absolute Gasteiger partial charge is 0.484 e. The van der Waals surface area contributed by atoms with Crippen molar-refractivity contribution in [1.82, 2.24) is 5.43 Å². The minimum atomic E-state index is -0.461. The SMILES string of the molecule is CC(C)(C)c1ccc(OCC(=O)NN=Cc2cc([N+](=O)[O-])ccc2N2CCOCC2)cc1. The van der Waals surface area contributed by atoms with Gasteiger partial charge in [-0.05, 0) is 29.2 Å². The number of hydrogen-bond acceptors (Lipinski definition) is 7. The topological polar surface area (TPSA) is 106 Å². The smallest absolute Gasteiger partial charge is 0.277 e. The molecule has 170 valence electrons. The fourth-order valence-corrected chi connectivity index (χ4v) is 3.26. The van der Waals surface area contributed by atoms with Crippen LogP contribution in [0.1, 0.15) is 31.9 Å². The lowest BCUT2D eigenvalue weighted by molar-refractivity contribution is -0.384. The third-order valence-corrected chi connectivity index (χ3v) is 5.06. The van der Waals surface area contributed by atoms with Crippen LogP contribution in [0.4, 0.5) is 11.4 Å². The number of nitrogens with one attached hydrogen (secondary N) is 1. The van der Waals surface area contributed by atoms with Crippen LogP contribution in [-0.2, 0) is 14.9 Å². The van der Waals surface area contributed by atoms with Gasteiger partial charge in [-0.1, -0.05) is 32.9 Å². The molecule has 0 bridgehead atoms. The highest BCUT2D eigenvalue weighted by molar-refractivity contribution is 5.90. The van der Waals surface area contributed by atoms with Crippen LogP contribution in [0, 0.1) is 10.1 Å². The van der Waals surface area contributed by atoms with E-state index in [2.05, 4.69) is 36.2 Å². The molecule has 0 saturated carbocycles. The predicted octanol–water partition coefficient (Wildman–Crippen LogP) is 3.26. The van der Waals surface area contributed by atoms with E-state index >= 15 is 0 Å². The first-order valence-electron chi connectivity index (χ1n) is 10.4. The number of benzene rings is 2. The molecule has 0 unspecified atom stereocenters. The molecule has 3 rings (SSSR count). The summed E-state index contributed by atoms with van der Waals surface area (Å²) in [5, 5.41) is 15.1. The number of carbonyl (C=O) groups is 1. The number of nitrogens with zero attached hydrogens (tertiary/aromatic N) is 3. The summed E-state index contributed by atoms with van der Waals surface area (Å²) >= 11 is 0. The van der Waals surface area contributed by atoms with Crippen LogP contribution >= 0.6 is 0 Å². The maximum absolute atomic E-state index is 12.1. The average molecular weight is 441 g/mol. The Morgan fingerprint density at radius 3 is 2.53 bits per heavy atom. The summed E-state index contributed by atoms with van der Waals surface area (Å²) in [5.41, 5.74) is 4.92. The highest BCUT2D eigenvalue weighted by Gasteiger charge is 2.17. The molecule has 1 amide bonds. The zero-order chi connectivity index (χ0) is 23.1. The highest BCUT2D eigenvalue weighted by Crippen LogP contribution is 2.25. The molecule has 0 atom stereocenters. The van der Waals surface area contributed by atoms with Gasteiger partial charge in [-0.2, -0.15) is 5.10 Å². The van der Waals surface area contributed by atoms with E-state index in [0.717, 1.165) is 5.69 Å². The number of rotatable bonds is 7. The van der Waals surface area contributed by atoms with Gasteiger partial charge in [0.2, 0.25) is 0 Å². The Morgan fingerprint density at radius 1 is 1.22 bits per heavy atom. The first-order chi connectivity index (χ1) is 15.2. The minimum absolute atomic E-state index is 0.0389. The van der Waals surface area contributed by atoms with E-state index in [9.17, 15) is 14.9 Å². The van der Waals surface area contributed by atoms with E-state index in [-0.39, 0.29) is 17.7 Å². The summed E-state index contributed by atoms with van der Waals surface area (Å²) < 4.78 is 10.9. The lowest BCUT2D eigenvalue weighted by atomic mass is 9.87. The van der Waals surface area contributed by atoms with Crippen molar-refractivity contribution >= 4 is 23.5 Å². The quantitative estimate of drug-likeness (QED) is 0.402. The average Bonchev–Trinajstić information content (AvgIpc) is 2.78. The number of hydrogen-bond donors (Lipinski definition) is 1. The number of hydrazone groups is 1. The maximum atomic E-state index is 12.1. The minimum Gasteiger partial charge on any atom is -0.484 e. The summed E-state index contributed by atoms with van der Waals surface area (Å²) in [7, 11) is 0. The van der Waals surface area contributed by atoms with Gasteiger partial charge in [0.15, 0.2) is 6.61 Å². The molecule has 0 aliphatic carbocycles. The molecule has 2 aromatic carbocycles. The van der Waals surface area contributed by atoms with Crippen molar-refractivity contribution in [1.29, 1.82) is 0 Å². The third-order valence-electron chi connectivity index (χ3n) is 5.06. The van der Waals surface area contributed by atoms with Crippen molar-refractivity contribution in [3.63, 3.8) is 0 Å². The fraction of sp³-hybridized carbons (Fsp3) is 0.391. The zero-order valence-corrected chi connectivity index (χ0v) is 18.5. The van der Waals surface area contributed by atoms with Gasteiger partial charge in [0.05, 0.1) is 24.4 Å². The van der Waals surface area contributed by atoms with Crippen LogP contribution < -0.4 is 15.1 Å². The second-order valence-electron chi connectivity index (χ2n) is 8.46. The van der Waals surface area contributed by atoms with Crippen LogP contribution in [0.15, 0.2) is 47.6 Å². The van der Waals surface area contributed by atoms with Crippen LogP contribution in [0.2, 0.25) is 0 Å². The number of nitro groups is 1. The van der Waals surface area contributed by atoms with E-state index in [4.69, 9.17) is 9.47 Å². The molecule has 0 spiro atoms.